The zero-order chi connectivity index (χ0) is 13.2. The van der Waals surface area contributed by atoms with E-state index in [4.69, 9.17) is 0 Å². The maximum Gasteiger partial charge on any atom is 0.189 e. The minimum atomic E-state index is -1.78. The van der Waals surface area contributed by atoms with E-state index in [1.54, 1.807) is 0 Å². The van der Waals surface area contributed by atoms with Crippen molar-refractivity contribution in [3.8, 4) is 0 Å². The zero-order valence-corrected chi connectivity index (χ0v) is 8.89. The molecule has 0 aliphatic heterocycles. The zero-order valence-electron chi connectivity index (χ0n) is 8.89. The van der Waals surface area contributed by atoms with Gasteiger partial charge in [-0.1, -0.05) is 0 Å². The van der Waals surface area contributed by atoms with Gasteiger partial charge in [-0.15, -0.1) is 0 Å². The second-order valence-electron chi connectivity index (χ2n) is 3.00. The van der Waals surface area contributed by atoms with Gasteiger partial charge in [0.1, 0.15) is 0 Å². The van der Waals surface area contributed by atoms with E-state index in [2.05, 4.69) is 9.47 Å². The number of ether oxygens (including phenoxy) is 2. The van der Waals surface area contributed by atoms with Gasteiger partial charge in [0.2, 0.25) is 0 Å². The van der Waals surface area contributed by atoms with Gasteiger partial charge in [0.25, 0.3) is 0 Å². The number of halogens is 4. The third kappa shape index (κ3) is 2.16. The molecule has 1 aromatic carbocycles. The lowest BCUT2D eigenvalue weighted by Gasteiger charge is -2.16. The fourth-order valence-electron chi connectivity index (χ4n) is 1.31. The van der Waals surface area contributed by atoms with E-state index in [1.807, 2.05) is 0 Å². The van der Waals surface area contributed by atoms with Crippen LogP contribution in [0.1, 0.15) is 22.2 Å². The van der Waals surface area contributed by atoms with Crippen molar-refractivity contribution in [2.24, 2.45) is 0 Å². The van der Waals surface area contributed by atoms with E-state index < -0.39 is 40.7 Å². The van der Waals surface area contributed by atoms with Crippen molar-refractivity contribution < 1.29 is 31.8 Å². The van der Waals surface area contributed by atoms with Gasteiger partial charge in [-0.3, -0.25) is 4.79 Å². The van der Waals surface area contributed by atoms with Gasteiger partial charge >= 0.3 is 0 Å². The van der Waals surface area contributed by atoms with Crippen LogP contribution < -0.4 is 0 Å². The quantitative estimate of drug-likeness (QED) is 0.357. The molecule has 0 atom stereocenters. The number of hydrogen-bond donors (Lipinski definition) is 0. The van der Waals surface area contributed by atoms with Crippen molar-refractivity contribution in [3.05, 3.63) is 34.4 Å². The van der Waals surface area contributed by atoms with E-state index in [0.29, 0.717) is 0 Å². The van der Waals surface area contributed by atoms with E-state index in [9.17, 15) is 22.4 Å². The van der Waals surface area contributed by atoms with Crippen LogP contribution in [0.25, 0.3) is 0 Å². The molecule has 0 aliphatic rings. The van der Waals surface area contributed by atoms with Gasteiger partial charge in [-0.25, -0.2) is 17.6 Å². The van der Waals surface area contributed by atoms with E-state index in [1.165, 1.54) is 0 Å². The molecule has 0 N–H and O–H groups in total. The Bertz CT molecular complexity index is 415. The highest BCUT2D eigenvalue weighted by Crippen LogP contribution is 2.29. The summed E-state index contributed by atoms with van der Waals surface area (Å²) in [5.74, 6) is -7.01. The lowest BCUT2D eigenvalue weighted by atomic mass is 10.1. The highest BCUT2D eigenvalue weighted by molar-refractivity contribution is 5.76. The third-order valence-corrected chi connectivity index (χ3v) is 2.11. The molecule has 0 aliphatic carbocycles. The molecule has 0 unspecified atom stereocenters. The number of aldehydes is 1. The third-order valence-electron chi connectivity index (χ3n) is 2.11. The Morgan fingerprint density at radius 1 is 0.941 bits per heavy atom. The first-order valence-corrected chi connectivity index (χ1v) is 4.36. The minimum absolute atomic E-state index is 0.310. The van der Waals surface area contributed by atoms with Crippen LogP contribution in [0, 0.1) is 23.3 Å². The van der Waals surface area contributed by atoms with Crippen LogP contribution in [0.4, 0.5) is 17.6 Å². The normalized spacial score (nSPS) is 11.0. The van der Waals surface area contributed by atoms with Crippen LogP contribution in [-0.2, 0) is 9.47 Å². The predicted octanol–water partition coefficient (Wildman–Crippen LogP) is 2.35. The first kappa shape index (κ1) is 13.6. The molecule has 3 nitrogen and oxygen atoms in total. The lowest BCUT2D eigenvalue weighted by Crippen LogP contribution is -2.14. The Balaban J connectivity index is 3.57. The summed E-state index contributed by atoms with van der Waals surface area (Å²) in [6.45, 7) is 0. The molecule has 0 saturated heterocycles. The average Bonchev–Trinajstić information content (AvgIpc) is 2.33. The van der Waals surface area contributed by atoms with Gasteiger partial charge < -0.3 is 9.47 Å². The Labute approximate surface area is 93.9 Å². The molecule has 7 heteroatoms. The molecule has 1 rings (SSSR count). The molecule has 94 valence electrons. The van der Waals surface area contributed by atoms with Crippen molar-refractivity contribution in [2.45, 2.75) is 6.29 Å². The van der Waals surface area contributed by atoms with Gasteiger partial charge in [0.15, 0.2) is 35.8 Å². The summed E-state index contributed by atoms with van der Waals surface area (Å²) in [5.41, 5.74) is -2.37. The molecular formula is C10H8F4O3. The molecule has 0 fully saturated rings. The van der Waals surface area contributed by atoms with Crippen molar-refractivity contribution in [3.63, 3.8) is 0 Å². The maximum atomic E-state index is 13.4. The lowest BCUT2D eigenvalue weighted by molar-refractivity contribution is -0.110. The Morgan fingerprint density at radius 3 is 1.65 bits per heavy atom. The fourth-order valence-corrected chi connectivity index (χ4v) is 1.31. The molecule has 0 amide bonds. The van der Waals surface area contributed by atoms with Crippen LogP contribution in [0.2, 0.25) is 0 Å². The van der Waals surface area contributed by atoms with Gasteiger partial charge in [-0.05, 0) is 0 Å². The van der Waals surface area contributed by atoms with Crippen LogP contribution >= 0.6 is 0 Å². The standard InChI is InChI=1S/C10H8F4O3/c1-16-10(17-2)5-8(13)6(11)4(3-15)7(12)9(5)14/h3,10H,1-2H3. The van der Waals surface area contributed by atoms with E-state index in [-0.39, 0.29) is 6.29 Å². The molecule has 0 spiro atoms. The number of benzene rings is 1. The van der Waals surface area contributed by atoms with Gasteiger partial charge in [0.05, 0.1) is 11.1 Å². The van der Waals surface area contributed by atoms with E-state index >= 15 is 0 Å². The molecule has 0 heterocycles. The summed E-state index contributed by atoms with van der Waals surface area (Å²) >= 11 is 0. The molecule has 17 heavy (non-hydrogen) atoms. The van der Waals surface area contributed by atoms with Crippen LogP contribution in [0.15, 0.2) is 0 Å². The second-order valence-corrected chi connectivity index (χ2v) is 3.00. The first-order chi connectivity index (χ1) is 7.99. The van der Waals surface area contributed by atoms with Crippen molar-refractivity contribution in [2.75, 3.05) is 14.2 Å². The predicted molar refractivity (Wildman–Crippen MR) is 48.4 cm³/mol. The van der Waals surface area contributed by atoms with Gasteiger partial charge in [0, 0.05) is 14.2 Å². The molecule has 1 aromatic rings. The Morgan fingerprint density at radius 2 is 1.35 bits per heavy atom. The van der Waals surface area contributed by atoms with Crippen LogP contribution in [-0.4, -0.2) is 20.5 Å². The molecule has 0 radical (unpaired) electrons. The second kappa shape index (κ2) is 5.24. The van der Waals surface area contributed by atoms with Crippen molar-refractivity contribution in [1.29, 1.82) is 0 Å². The summed E-state index contributed by atoms with van der Waals surface area (Å²) < 4.78 is 62.3. The first-order valence-electron chi connectivity index (χ1n) is 4.36. The smallest absolute Gasteiger partial charge is 0.189 e. The fraction of sp³-hybridized carbons (Fsp3) is 0.300. The Kier molecular flexibility index (Phi) is 4.19. The number of carbonyl (C=O) groups is 1. The number of rotatable bonds is 4. The number of hydrogen-bond acceptors (Lipinski definition) is 3. The summed E-state index contributed by atoms with van der Waals surface area (Å²) in [5, 5.41) is 0. The maximum absolute atomic E-state index is 13.4. The molecule has 0 saturated carbocycles. The summed E-state index contributed by atoms with van der Waals surface area (Å²) in [6.07, 6.45) is -1.92. The van der Waals surface area contributed by atoms with Gasteiger partial charge in [-0.2, -0.15) is 0 Å². The molecule has 0 aromatic heterocycles. The minimum Gasteiger partial charge on any atom is -0.351 e. The highest BCUT2D eigenvalue weighted by Gasteiger charge is 2.29. The largest absolute Gasteiger partial charge is 0.351 e. The SMILES string of the molecule is COC(OC)c1c(F)c(F)c(C=O)c(F)c1F. The summed E-state index contributed by atoms with van der Waals surface area (Å²) in [7, 11) is 2.08. The van der Waals surface area contributed by atoms with Crippen LogP contribution in [0.3, 0.4) is 0 Å². The molecular weight excluding hydrogens is 244 g/mol. The van der Waals surface area contributed by atoms with E-state index in [0.717, 1.165) is 14.2 Å². The molecule has 0 bridgehead atoms. The number of methoxy groups -OCH3 is 2. The van der Waals surface area contributed by atoms with Crippen LogP contribution in [0.5, 0.6) is 0 Å². The van der Waals surface area contributed by atoms with Crippen molar-refractivity contribution >= 4 is 6.29 Å². The monoisotopic (exact) mass is 252 g/mol. The number of carbonyl (C=O) groups excluding carboxylic acids is 1. The average molecular weight is 252 g/mol. The highest BCUT2D eigenvalue weighted by atomic mass is 19.2. The topological polar surface area (TPSA) is 35.5 Å². The Hall–Kier alpha value is -1.47. The summed E-state index contributed by atoms with van der Waals surface area (Å²) in [4.78, 5) is 10.3. The van der Waals surface area contributed by atoms with Crippen molar-refractivity contribution in [1.82, 2.24) is 0 Å². The summed E-state index contributed by atoms with van der Waals surface area (Å²) in [6, 6.07) is 0.